The number of hydrogen-bond acceptors (Lipinski definition) is 3. The lowest BCUT2D eigenvalue weighted by Gasteiger charge is -2.20. The van der Waals surface area contributed by atoms with E-state index in [1.165, 1.54) is 12.8 Å². The van der Waals surface area contributed by atoms with E-state index in [0.29, 0.717) is 24.4 Å². The first-order valence-electron chi connectivity index (χ1n) is 8.13. The van der Waals surface area contributed by atoms with Gasteiger partial charge in [0.1, 0.15) is 0 Å². The smallest absolute Gasteiger partial charge is 0.213 e. The Hall–Kier alpha value is -1.05. The van der Waals surface area contributed by atoms with E-state index in [0.717, 1.165) is 24.0 Å². The molecule has 1 aromatic rings. The standard InChI is InChI=1S/C17H28N4O.HI/c1-12(2)13(3)21-17(18-4)20-10-15-7-8-19-16(9-15)22-11-14-5-6-14;/h7-9,12-14H,5-6,10-11H2,1-4H3,(H2,18,20,21);1H. The van der Waals surface area contributed by atoms with Crippen LogP contribution >= 0.6 is 24.0 Å². The lowest BCUT2D eigenvalue weighted by molar-refractivity contribution is 0.288. The highest BCUT2D eigenvalue weighted by Gasteiger charge is 2.22. The fourth-order valence-corrected chi connectivity index (χ4v) is 1.89. The molecule has 1 aromatic heterocycles. The Labute approximate surface area is 156 Å². The van der Waals surface area contributed by atoms with E-state index in [4.69, 9.17) is 4.74 Å². The molecular formula is C17H29IN4O. The first kappa shape index (κ1) is 20.0. The van der Waals surface area contributed by atoms with Gasteiger partial charge in [-0.15, -0.1) is 24.0 Å². The maximum Gasteiger partial charge on any atom is 0.213 e. The second kappa shape index (κ2) is 9.95. The van der Waals surface area contributed by atoms with Gasteiger partial charge in [-0.2, -0.15) is 0 Å². The molecule has 0 saturated heterocycles. The highest BCUT2D eigenvalue weighted by Crippen LogP contribution is 2.29. The molecule has 1 fully saturated rings. The number of ether oxygens (including phenoxy) is 1. The molecule has 5 nitrogen and oxygen atoms in total. The van der Waals surface area contributed by atoms with Crippen LogP contribution < -0.4 is 15.4 Å². The van der Waals surface area contributed by atoms with Crippen molar-refractivity contribution in [2.75, 3.05) is 13.7 Å². The highest BCUT2D eigenvalue weighted by atomic mass is 127. The third-order valence-electron chi connectivity index (χ3n) is 4.01. The number of hydrogen-bond donors (Lipinski definition) is 2. The summed E-state index contributed by atoms with van der Waals surface area (Å²) >= 11 is 0. The molecule has 2 rings (SSSR count). The quantitative estimate of drug-likeness (QED) is 0.395. The van der Waals surface area contributed by atoms with Crippen LogP contribution in [0, 0.1) is 11.8 Å². The maximum absolute atomic E-state index is 5.71. The zero-order chi connectivity index (χ0) is 15.9. The second-order valence-corrected chi connectivity index (χ2v) is 6.36. The largest absolute Gasteiger partial charge is 0.477 e. The molecule has 1 unspecified atom stereocenters. The molecule has 0 aliphatic heterocycles. The Kier molecular flexibility index (Phi) is 8.65. The van der Waals surface area contributed by atoms with E-state index >= 15 is 0 Å². The van der Waals surface area contributed by atoms with E-state index in [9.17, 15) is 0 Å². The van der Waals surface area contributed by atoms with Crippen molar-refractivity contribution in [2.24, 2.45) is 16.8 Å². The molecule has 6 heteroatoms. The van der Waals surface area contributed by atoms with Crippen molar-refractivity contribution >= 4 is 29.9 Å². The number of nitrogens with zero attached hydrogens (tertiary/aromatic N) is 2. The number of guanidine groups is 1. The van der Waals surface area contributed by atoms with Crippen LogP contribution in [0.2, 0.25) is 0 Å². The first-order chi connectivity index (χ1) is 10.6. The predicted octanol–water partition coefficient (Wildman–Crippen LogP) is 3.20. The molecule has 1 aliphatic rings. The van der Waals surface area contributed by atoms with Gasteiger partial charge in [0.25, 0.3) is 0 Å². The van der Waals surface area contributed by atoms with Gasteiger partial charge < -0.3 is 15.4 Å². The zero-order valence-electron chi connectivity index (χ0n) is 14.5. The molecule has 0 amide bonds. The van der Waals surface area contributed by atoms with Gasteiger partial charge in [0, 0.05) is 31.9 Å². The Morgan fingerprint density at radius 1 is 1.39 bits per heavy atom. The average Bonchev–Trinajstić information content (AvgIpc) is 3.33. The van der Waals surface area contributed by atoms with Gasteiger partial charge in [-0.1, -0.05) is 13.8 Å². The number of pyridine rings is 1. The monoisotopic (exact) mass is 432 g/mol. The zero-order valence-corrected chi connectivity index (χ0v) is 16.8. The van der Waals surface area contributed by atoms with E-state index < -0.39 is 0 Å². The molecule has 1 saturated carbocycles. The van der Waals surface area contributed by atoms with Crippen molar-refractivity contribution in [1.29, 1.82) is 0 Å². The summed E-state index contributed by atoms with van der Waals surface area (Å²) in [4.78, 5) is 8.53. The van der Waals surface area contributed by atoms with Crippen molar-refractivity contribution in [3.63, 3.8) is 0 Å². The fraction of sp³-hybridized carbons (Fsp3) is 0.647. The normalized spacial score (nSPS) is 15.8. The summed E-state index contributed by atoms with van der Waals surface area (Å²) in [7, 11) is 1.79. The van der Waals surface area contributed by atoms with Crippen molar-refractivity contribution in [3.05, 3.63) is 23.9 Å². The third-order valence-corrected chi connectivity index (χ3v) is 4.01. The SMILES string of the molecule is CN=C(NCc1ccnc(OCC2CC2)c1)NC(C)C(C)C.I. The van der Waals surface area contributed by atoms with Crippen molar-refractivity contribution < 1.29 is 4.74 Å². The van der Waals surface area contributed by atoms with Crippen LogP contribution in [0.15, 0.2) is 23.3 Å². The summed E-state index contributed by atoms with van der Waals surface area (Å²) in [5.41, 5.74) is 1.14. The van der Waals surface area contributed by atoms with Crippen molar-refractivity contribution in [1.82, 2.24) is 15.6 Å². The minimum atomic E-state index is 0. The minimum Gasteiger partial charge on any atom is -0.477 e. The molecule has 0 aromatic carbocycles. The predicted molar refractivity (Wildman–Crippen MR) is 106 cm³/mol. The Bertz CT molecular complexity index is 503. The second-order valence-electron chi connectivity index (χ2n) is 6.36. The number of nitrogens with one attached hydrogen (secondary N) is 2. The maximum atomic E-state index is 5.71. The summed E-state index contributed by atoms with van der Waals surface area (Å²) in [5.74, 6) is 2.83. The van der Waals surface area contributed by atoms with Crippen molar-refractivity contribution in [3.8, 4) is 5.88 Å². The molecule has 1 atom stereocenters. The molecule has 0 bridgehead atoms. The van der Waals surface area contributed by atoms with Crippen LogP contribution in [0.4, 0.5) is 0 Å². The minimum absolute atomic E-state index is 0. The van der Waals surface area contributed by atoms with Crippen LogP contribution in [0.5, 0.6) is 5.88 Å². The molecule has 1 aliphatic carbocycles. The summed E-state index contributed by atoms with van der Waals surface area (Å²) in [6.07, 6.45) is 4.38. The number of halogens is 1. The molecule has 0 spiro atoms. The van der Waals surface area contributed by atoms with E-state index in [1.54, 1.807) is 13.2 Å². The molecular weight excluding hydrogens is 403 g/mol. The average molecular weight is 432 g/mol. The van der Waals surface area contributed by atoms with Gasteiger partial charge in [-0.25, -0.2) is 4.98 Å². The number of aliphatic imine (C=N–C) groups is 1. The Balaban J connectivity index is 0.00000264. The van der Waals surface area contributed by atoms with Gasteiger partial charge in [0.05, 0.1) is 6.61 Å². The fourth-order valence-electron chi connectivity index (χ4n) is 1.89. The first-order valence-corrected chi connectivity index (χ1v) is 8.13. The van der Waals surface area contributed by atoms with Crippen LogP contribution in [0.3, 0.4) is 0 Å². The van der Waals surface area contributed by atoms with Gasteiger partial charge >= 0.3 is 0 Å². The van der Waals surface area contributed by atoms with Gasteiger partial charge in [0.2, 0.25) is 5.88 Å². The van der Waals surface area contributed by atoms with Gasteiger partial charge in [-0.05, 0) is 43.2 Å². The van der Waals surface area contributed by atoms with Crippen LogP contribution in [-0.2, 0) is 6.54 Å². The van der Waals surface area contributed by atoms with E-state index in [-0.39, 0.29) is 24.0 Å². The van der Waals surface area contributed by atoms with Crippen LogP contribution in [0.1, 0.15) is 39.2 Å². The molecule has 2 N–H and O–H groups in total. The highest BCUT2D eigenvalue weighted by molar-refractivity contribution is 14.0. The topological polar surface area (TPSA) is 58.5 Å². The summed E-state index contributed by atoms with van der Waals surface area (Å²) in [6.45, 7) is 8.04. The number of rotatable bonds is 7. The van der Waals surface area contributed by atoms with Crippen molar-refractivity contribution in [2.45, 2.75) is 46.2 Å². The van der Waals surface area contributed by atoms with E-state index in [2.05, 4.69) is 41.4 Å². The van der Waals surface area contributed by atoms with Crippen LogP contribution in [-0.4, -0.2) is 30.6 Å². The summed E-state index contributed by atoms with van der Waals surface area (Å²) in [5, 5.41) is 6.72. The van der Waals surface area contributed by atoms with Gasteiger partial charge in [0.15, 0.2) is 5.96 Å². The van der Waals surface area contributed by atoms with Crippen LogP contribution in [0.25, 0.3) is 0 Å². The third kappa shape index (κ3) is 7.37. The molecule has 0 radical (unpaired) electrons. The molecule has 23 heavy (non-hydrogen) atoms. The Morgan fingerprint density at radius 3 is 2.74 bits per heavy atom. The summed E-state index contributed by atoms with van der Waals surface area (Å²) in [6, 6.07) is 4.37. The molecule has 1 heterocycles. The summed E-state index contributed by atoms with van der Waals surface area (Å²) < 4.78 is 5.71. The number of aromatic nitrogens is 1. The lowest BCUT2D eigenvalue weighted by Crippen LogP contribution is -2.43. The Morgan fingerprint density at radius 2 is 2.13 bits per heavy atom. The lowest BCUT2D eigenvalue weighted by atomic mass is 10.1. The van der Waals surface area contributed by atoms with E-state index in [1.807, 2.05) is 12.1 Å². The van der Waals surface area contributed by atoms with Gasteiger partial charge in [-0.3, -0.25) is 4.99 Å². The molecule has 130 valence electrons.